The first kappa shape index (κ1) is 10.7. The molecule has 0 aliphatic heterocycles. The maximum Gasteiger partial charge on any atom is 0.139 e. The van der Waals surface area contributed by atoms with Gasteiger partial charge in [0.15, 0.2) is 0 Å². The van der Waals surface area contributed by atoms with Crippen molar-refractivity contribution in [2.75, 3.05) is 11.1 Å². The number of para-hydroxylation sites is 1. The topological polar surface area (TPSA) is 64.1 Å². The highest BCUT2D eigenvalue weighted by Crippen LogP contribution is 2.22. The SMILES string of the molecule is Nc1ccccc1CNc1nccc2occc12. The molecule has 3 rings (SSSR count). The minimum absolute atomic E-state index is 0.643. The van der Waals surface area contributed by atoms with Gasteiger partial charge in [-0.25, -0.2) is 4.98 Å². The Labute approximate surface area is 104 Å². The molecule has 1 aromatic carbocycles. The van der Waals surface area contributed by atoms with Gasteiger partial charge in [0.1, 0.15) is 11.4 Å². The quantitative estimate of drug-likeness (QED) is 0.689. The number of anilines is 2. The lowest BCUT2D eigenvalue weighted by Crippen LogP contribution is -2.04. The van der Waals surface area contributed by atoms with Crippen LogP contribution in [0.2, 0.25) is 0 Å². The van der Waals surface area contributed by atoms with Crippen molar-refractivity contribution in [2.24, 2.45) is 0 Å². The minimum Gasteiger partial charge on any atom is -0.464 e. The molecule has 0 amide bonds. The van der Waals surface area contributed by atoms with E-state index in [1.165, 1.54) is 0 Å². The lowest BCUT2D eigenvalue weighted by atomic mass is 10.2. The molecule has 0 radical (unpaired) electrons. The number of nitrogen functional groups attached to an aromatic ring is 1. The number of nitrogens with two attached hydrogens (primary N) is 1. The maximum atomic E-state index is 5.90. The van der Waals surface area contributed by atoms with Crippen LogP contribution in [0.3, 0.4) is 0 Å². The molecule has 0 spiro atoms. The van der Waals surface area contributed by atoms with Crippen molar-refractivity contribution in [3.63, 3.8) is 0 Å². The van der Waals surface area contributed by atoms with Crippen LogP contribution in [0.25, 0.3) is 11.0 Å². The molecule has 0 atom stereocenters. The van der Waals surface area contributed by atoms with Crippen LogP contribution in [0.5, 0.6) is 0 Å². The zero-order chi connectivity index (χ0) is 12.4. The van der Waals surface area contributed by atoms with E-state index in [4.69, 9.17) is 10.2 Å². The summed E-state index contributed by atoms with van der Waals surface area (Å²) < 4.78 is 5.33. The second-order valence-corrected chi connectivity index (χ2v) is 4.04. The van der Waals surface area contributed by atoms with Crippen LogP contribution < -0.4 is 11.1 Å². The number of rotatable bonds is 3. The molecule has 3 N–H and O–H groups in total. The molecule has 2 aromatic heterocycles. The van der Waals surface area contributed by atoms with Gasteiger partial charge in [0, 0.05) is 18.4 Å². The summed E-state index contributed by atoms with van der Waals surface area (Å²) in [5.74, 6) is 0.810. The van der Waals surface area contributed by atoms with Crippen LogP contribution in [0, 0.1) is 0 Å². The van der Waals surface area contributed by atoms with Crippen molar-refractivity contribution < 1.29 is 4.42 Å². The van der Waals surface area contributed by atoms with Gasteiger partial charge in [-0.2, -0.15) is 0 Å². The smallest absolute Gasteiger partial charge is 0.139 e. The van der Waals surface area contributed by atoms with Gasteiger partial charge in [-0.1, -0.05) is 18.2 Å². The van der Waals surface area contributed by atoms with Crippen molar-refractivity contribution in [3.8, 4) is 0 Å². The summed E-state index contributed by atoms with van der Waals surface area (Å²) in [7, 11) is 0. The predicted molar refractivity (Wildman–Crippen MR) is 72.2 cm³/mol. The average molecular weight is 239 g/mol. The fourth-order valence-electron chi connectivity index (χ4n) is 1.91. The summed E-state index contributed by atoms with van der Waals surface area (Å²) in [6, 6.07) is 11.5. The number of furan rings is 1. The van der Waals surface area contributed by atoms with Crippen LogP contribution in [0.1, 0.15) is 5.56 Å². The van der Waals surface area contributed by atoms with E-state index in [1.807, 2.05) is 36.4 Å². The van der Waals surface area contributed by atoms with Crippen LogP contribution in [-0.2, 0) is 6.54 Å². The lowest BCUT2D eigenvalue weighted by molar-refractivity contribution is 0.615. The minimum atomic E-state index is 0.643. The molecular weight excluding hydrogens is 226 g/mol. The Morgan fingerprint density at radius 3 is 2.94 bits per heavy atom. The molecule has 0 saturated carbocycles. The molecule has 90 valence electrons. The molecule has 0 saturated heterocycles. The van der Waals surface area contributed by atoms with Crippen LogP contribution >= 0.6 is 0 Å². The largest absolute Gasteiger partial charge is 0.464 e. The summed E-state index contributed by atoms with van der Waals surface area (Å²) in [5.41, 5.74) is 8.56. The lowest BCUT2D eigenvalue weighted by Gasteiger charge is -2.08. The third kappa shape index (κ3) is 1.88. The Balaban J connectivity index is 1.85. The van der Waals surface area contributed by atoms with Gasteiger partial charge < -0.3 is 15.5 Å². The van der Waals surface area contributed by atoms with Gasteiger partial charge in [0.2, 0.25) is 0 Å². The van der Waals surface area contributed by atoms with Gasteiger partial charge in [-0.3, -0.25) is 0 Å². The number of nitrogens with zero attached hydrogens (tertiary/aromatic N) is 1. The van der Waals surface area contributed by atoms with E-state index < -0.39 is 0 Å². The first-order valence-corrected chi connectivity index (χ1v) is 5.74. The van der Waals surface area contributed by atoms with Gasteiger partial charge in [-0.05, 0) is 23.8 Å². The Bertz CT molecular complexity index is 675. The van der Waals surface area contributed by atoms with Gasteiger partial charge in [0.25, 0.3) is 0 Å². The summed E-state index contributed by atoms with van der Waals surface area (Å²) in [4.78, 5) is 4.31. The molecule has 4 heteroatoms. The van der Waals surface area contributed by atoms with Crippen molar-refractivity contribution in [2.45, 2.75) is 6.54 Å². The van der Waals surface area contributed by atoms with E-state index in [0.717, 1.165) is 28.0 Å². The molecule has 0 unspecified atom stereocenters. The fraction of sp³-hybridized carbons (Fsp3) is 0.0714. The zero-order valence-electron chi connectivity index (χ0n) is 9.76. The third-order valence-corrected chi connectivity index (χ3v) is 2.88. The molecular formula is C14H13N3O. The van der Waals surface area contributed by atoms with E-state index >= 15 is 0 Å². The normalized spacial score (nSPS) is 10.7. The van der Waals surface area contributed by atoms with E-state index in [-0.39, 0.29) is 0 Å². The second-order valence-electron chi connectivity index (χ2n) is 4.04. The van der Waals surface area contributed by atoms with Crippen LogP contribution in [0.4, 0.5) is 11.5 Å². The molecule has 0 aliphatic carbocycles. The first-order chi connectivity index (χ1) is 8.84. The van der Waals surface area contributed by atoms with Gasteiger partial charge in [-0.15, -0.1) is 0 Å². The van der Waals surface area contributed by atoms with E-state index in [2.05, 4.69) is 10.3 Å². The molecule has 4 nitrogen and oxygen atoms in total. The number of fused-ring (bicyclic) bond motifs is 1. The van der Waals surface area contributed by atoms with Crippen LogP contribution in [0.15, 0.2) is 53.3 Å². The summed E-state index contributed by atoms with van der Waals surface area (Å²) in [6.07, 6.45) is 3.39. The standard InChI is InChI=1S/C14H13N3O/c15-12-4-2-1-3-10(12)9-17-14-11-6-8-18-13(11)5-7-16-14/h1-8H,9,15H2,(H,16,17). The Morgan fingerprint density at radius 2 is 2.06 bits per heavy atom. The van der Waals surface area contributed by atoms with Gasteiger partial charge in [0.05, 0.1) is 11.6 Å². The molecule has 3 aromatic rings. The van der Waals surface area contributed by atoms with Crippen molar-refractivity contribution in [1.29, 1.82) is 0 Å². The van der Waals surface area contributed by atoms with E-state index in [1.54, 1.807) is 12.5 Å². The number of hydrogen-bond acceptors (Lipinski definition) is 4. The number of benzene rings is 1. The molecule has 0 fully saturated rings. The average Bonchev–Trinajstić information content (AvgIpc) is 2.86. The summed E-state index contributed by atoms with van der Waals surface area (Å²) in [5, 5.41) is 4.26. The van der Waals surface area contributed by atoms with E-state index in [9.17, 15) is 0 Å². The molecule has 0 bridgehead atoms. The van der Waals surface area contributed by atoms with Crippen molar-refractivity contribution >= 4 is 22.5 Å². The first-order valence-electron chi connectivity index (χ1n) is 5.74. The number of pyridine rings is 1. The zero-order valence-corrected chi connectivity index (χ0v) is 9.76. The highest BCUT2D eigenvalue weighted by molar-refractivity contribution is 5.87. The van der Waals surface area contributed by atoms with E-state index in [0.29, 0.717) is 6.54 Å². The highest BCUT2D eigenvalue weighted by atomic mass is 16.3. The van der Waals surface area contributed by atoms with Crippen molar-refractivity contribution in [1.82, 2.24) is 4.98 Å². The second kappa shape index (κ2) is 4.41. The predicted octanol–water partition coefficient (Wildman–Crippen LogP) is 3.02. The van der Waals surface area contributed by atoms with Crippen molar-refractivity contribution in [3.05, 3.63) is 54.4 Å². The number of aromatic nitrogens is 1. The number of hydrogen-bond donors (Lipinski definition) is 2. The summed E-state index contributed by atoms with van der Waals surface area (Å²) >= 11 is 0. The Morgan fingerprint density at radius 1 is 1.17 bits per heavy atom. The Hall–Kier alpha value is -2.49. The summed E-state index contributed by atoms with van der Waals surface area (Å²) in [6.45, 7) is 0.643. The third-order valence-electron chi connectivity index (χ3n) is 2.88. The monoisotopic (exact) mass is 239 g/mol. The Kier molecular flexibility index (Phi) is 2.61. The molecule has 2 heterocycles. The fourth-order valence-corrected chi connectivity index (χ4v) is 1.91. The maximum absolute atomic E-state index is 5.90. The van der Waals surface area contributed by atoms with Gasteiger partial charge >= 0.3 is 0 Å². The highest BCUT2D eigenvalue weighted by Gasteiger charge is 2.05. The van der Waals surface area contributed by atoms with Crippen LogP contribution in [-0.4, -0.2) is 4.98 Å². The molecule has 18 heavy (non-hydrogen) atoms. The molecule has 0 aliphatic rings. The number of nitrogens with one attached hydrogen (secondary N) is 1.